The zero-order chi connectivity index (χ0) is 9.80. The molecule has 0 unspecified atom stereocenters. The highest BCUT2D eigenvalue weighted by Gasteiger charge is 2.57. The summed E-state index contributed by atoms with van der Waals surface area (Å²) in [6.07, 6.45) is 2.08. The molecule has 1 fully saturated rings. The lowest BCUT2D eigenvalue weighted by atomic mass is 10.0. The van der Waals surface area contributed by atoms with Crippen LogP contribution in [0, 0.1) is 19.3 Å². The maximum absolute atomic E-state index is 6.06. The Morgan fingerprint density at radius 2 is 1.92 bits per heavy atom. The van der Waals surface area contributed by atoms with E-state index in [0.717, 1.165) is 0 Å². The lowest BCUT2D eigenvalue weighted by Gasteiger charge is -2.03. The van der Waals surface area contributed by atoms with Crippen molar-refractivity contribution in [1.29, 1.82) is 0 Å². The Balaban J connectivity index is 2.39. The van der Waals surface area contributed by atoms with Gasteiger partial charge in [0.15, 0.2) is 0 Å². The van der Waals surface area contributed by atoms with Crippen LogP contribution in [-0.2, 0) is 0 Å². The Morgan fingerprint density at radius 1 is 1.38 bits per heavy atom. The third-order valence-corrected chi connectivity index (χ3v) is 3.56. The molecule has 0 aliphatic heterocycles. The van der Waals surface area contributed by atoms with E-state index >= 15 is 0 Å². The van der Waals surface area contributed by atoms with Crippen LogP contribution in [0.4, 0.5) is 0 Å². The lowest BCUT2D eigenvalue weighted by molar-refractivity contribution is 0.598. The number of hydrogen-bond donors (Lipinski definition) is 2. The van der Waals surface area contributed by atoms with E-state index in [1.165, 1.54) is 16.8 Å². The molecule has 1 saturated carbocycles. The van der Waals surface area contributed by atoms with Gasteiger partial charge in [-0.3, -0.25) is 0 Å². The fraction of sp³-hybridized carbons (Fsp3) is 0.636. The molecule has 2 nitrogen and oxygen atoms in total. The van der Waals surface area contributed by atoms with Crippen molar-refractivity contribution < 1.29 is 0 Å². The topological polar surface area (TPSA) is 41.8 Å². The summed E-state index contributed by atoms with van der Waals surface area (Å²) in [7, 11) is 0. The Bertz CT molecular complexity index is 316. The predicted molar refractivity (Wildman–Crippen MR) is 54.8 cm³/mol. The third kappa shape index (κ3) is 1.05. The number of rotatable bonds is 1. The summed E-state index contributed by atoms with van der Waals surface area (Å²) in [5.74, 6) is 0.554. The molecule has 0 saturated heterocycles. The average Bonchev–Trinajstić information content (AvgIpc) is 2.40. The van der Waals surface area contributed by atoms with Crippen LogP contribution in [0.25, 0.3) is 0 Å². The van der Waals surface area contributed by atoms with Crippen LogP contribution in [0.15, 0.2) is 6.20 Å². The molecule has 0 radical (unpaired) electrons. The molecule has 1 aromatic heterocycles. The van der Waals surface area contributed by atoms with Crippen molar-refractivity contribution in [3.63, 3.8) is 0 Å². The SMILES string of the molecule is Cc1c[nH]c(C)c1[C@H]1[C@H](N)C1(C)C. The van der Waals surface area contributed by atoms with Crippen molar-refractivity contribution in [2.75, 3.05) is 0 Å². The van der Waals surface area contributed by atoms with Gasteiger partial charge in [0.25, 0.3) is 0 Å². The van der Waals surface area contributed by atoms with Crippen molar-refractivity contribution in [2.45, 2.75) is 39.7 Å². The average molecular weight is 178 g/mol. The van der Waals surface area contributed by atoms with Crippen molar-refractivity contribution in [1.82, 2.24) is 4.98 Å². The van der Waals surface area contributed by atoms with E-state index in [-0.39, 0.29) is 5.41 Å². The highest BCUT2D eigenvalue weighted by atomic mass is 14.9. The molecule has 72 valence electrons. The summed E-state index contributed by atoms with van der Waals surface area (Å²) in [6.45, 7) is 8.77. The summed E-state index contributed by atoms with van der Waals surface area (Å²) in [5.41, 5.74) is 10.4. The second-order valence-electron chi connectivity index (χ2n) is 4.84. The van der Waals surface area contributed by atoms with E-state index in [1.807, 2.05) is 0 Å². The smallest absolute Gasteiger partial charge is 0.0172 e. The second kappa shape index (κ2) is 2.38. The largest absolute Gasteiger partial charge is 0.365 e. The Labute approximate surface area is 79.5 Å². The van der Waals surface area contributed by atoms with Crippen LogP contribution >= 0.6 is 0 Å². The first-order valence-electron chi connectivity index (χ1n) is 4.86. The predicted octanol–water partition coefficient (Wildman–Crippen LogP) is 2.08. The maximum Gasteiger partial charge on any atom is 0.0172 e. The van der Waals surface area contributed by atoms with Crippen LogP contribution in [0.2, 0.25) is 0 Å². The molecule has 0 aromatic carbocycles. The van der Waals surface area contributed by atoms with E-state index < -0.39 is 0 Å². The molecule has 0 spiro atoms. The van der Waals surface area contributed by atoms with E-state index in [2.05, 4.69) is 38.9 Å². The van der Waals surface area contributed by atoms with Gasteiger partial charge in [-0.2, -0.15) is 0 Å². The van der Waals surface area contributed by atoms with Gasteiger partial charge in [-0.25, -0.2) is 0 Å². The van der Waals surface area contributed by atoms with E-state index in [4.69, 9.17) is 5.73 Å². The number of aromatic nitrogens is 1. The van der Waals surface area contributed by atoms with Crippen LogP contribution in [0.3, 0.4) is 0 Å². The molecule has 1 aromatic rings. The molecule has 1 aliphatic carbocycles. The minimum absolute atomic E-state index is 0.289. The zero-order valence-corrected chi connectivity index (χ0v) is 8.81. The first-order valence-corrected chi connectivity index (χ1v) is 4.86. The fourth-order valence-corrected chi connectivity index (χ4v) is 2.38. The molecule has 2 rings (SSSR count). The first kappa shape index (κ1) is 8.82. The quantitative estimate of drug-likeness (QED) is 0.679. The number of H-pyrrole nitrogens is 1. The molecule has 13 heavy (non-hydrogen) atoms. The monoisotopic (exact) mass is 178 g/mol. The highest BCUT2D eigenvalue weighted by Crippen LogP contribution is 2.58. The normalized spacial score (nSPS) is 30.5. The molecule has 0 bridgehead atoms. The minimum atomic E-state index is 0.289. The highest BCUT2D eigenvalue weighted by molar-refractivity contribution is 5.42. The summed E-state index contributed by atoms with van der Waals surface area (Å²) < 4.78 is 0. The fourth-order valence-electron chi connectivity index (χ4n) is 2.38. The minimum Gasteiger partial charge on any atom is -0.365 e. The van der Waals surface area contributed by atoms with Gasteiger partial charge >= 0.3 is 0 Å². The van der Waals surface area contributed by atoms with Gasteiger partial charge in [0.05, 0.1) is 0 Å². The van der Waals surface area contributed by atoms with Crippen LogP contribution in [0.5, 0.6) is 0 Å². The summed E-state index contributed by atoms with van der Waals surface area (Å²) >= 11 is 0. The van der Waals surface area contributed by atoms with Crippen LogP contribution in [0.1, 0.15) is 36.6 Å². The standard InChI is InChI=1S/C11H18N2/c1-6-5-13-7(2)8(6)9-10(12)11(9,3)4/h5,9-10,13H,12H2,1-4H3/t9-,10-/m0/s1. The van der Waals surface area contributed by atoms with Gasteiger partial charge in [-0.15, -0.1) is 0 Å². The molecular formula is C11H18N2. The summed E-state index contributed by atoms with van der Waals surface area (Å²) in [5, 5.41) is 0. The van der Waals surface area contributed by atoms with Crippen molar-refractivity contribution >= 4 is 0 Å². The molecule has 1 aliphatic rings. The number of aromatic amines is 1. The zero-order valence-electron chi connectivity index (χ0n) is 8.81. The van der Waals surface area contributed by atoms with Gasteiger partial charge in [0, 0.05) is 23.9 Å². The number of nitrogens with two attached hydrogens (primary N) is 1. The van der Waals surface area contributed by atoms with E-state index in [0.29, 0.717) is 12.0 Å². The van der Waals surface area contributed by atoms with Gasteiger partial charge in [0.2, 0.25) is 0 Å². The number of hydrogen-bond acceptors (Lipinski definition) is 1. The van der Waals surface area contributed by atoms with Crippen LogP contribution in [-0.4, -0.2) is 11.0 Å². The Hall–Kier alpha value is -0.760. The van der Waals surface area contributed by atoms with Crippen molar-refractivity contribution in [3.05, 3.63) is 23.0 Å². The second-order valence-corrected chi connectivity index (χ2v) is 4.84. The van der Waals surface area contributed by atoms with Crippen LogP contribution < -0.4 is 5.73 Å². The van der Waals surface area contributed by atoms with Gasteiger partial charge in [-0.05, 0) is 30.4 Å². The van der Waals surface area contributed by atoms with Gasteiger partial charge in [-0.1, -0.05) is 13.8 Å². The Morgan fingerprint density at radius 3 is 2.23 bits per heavy atom. The van der Waals surface area contributed by atoms with E-state index in [9.17, 15) is 0 Å². The first-order chi connectivity index (χ1) is 5.96. The summed E-state index contributed by atoms with van der Waals surface area (Å²) in [6, 6.07) is 0.334. The molecule has 2 heteroatoms. The molecule has 2 atom stereocenters. The molecule has 1 heterocycles. The lowest BCUT2D eigenvalue weighted by Crippen LogP contribution is -2.06. The van der Waals surface area contributed by atoms with Crippen molar-refractivity contribution in [2.24, 2.45) is 11.1 Å². The summed E-state index contributed by atoms with van der Waals surface area (Å²) in [4.78, 5) is 3.26. The Kier molecular flexibility index (Phi) is 1.62. The third-order valence-electron chi connectivity index (χ3n) is 3.56. The number of nitrogens with one attached hydrogen (secondary N) is 1. The molecule has 0 amide bonds. The molecular weight excluding hydrogens is 160 g/mol. The van der Waals surface area contributed by atoms with E-state index in [1.54, 1.807) is 0 Å². The van der Waals surface area contributed by atoms with Gasteiger partial charge in [0.1, 0.15) is 0 Å². The number of aryl methyl sites for hydroxylation is 2. The van der Waals surface area contributed by atoms with Crippen molar-refractivity contribution in [3.8, 4) is 0 Å². The molecule has 3 N–H and O–H groups in total. The van der Waals surface area contributed by atoms with Gasteiger partial charge < -0.3 is 10.7 Å². The maximum atomic E-state index is 6.06.